The van der Waals surface area contributed by atoms with Gasteiger partial charge in [-0.15, -0.1) is 0 Å². The zero-order valence-corrected chi connectivity index (χ0v) is 7.89. The highest BCUT2D eigenvalue weighted by Crippen LogP contribution is 2.32. The van der Waals surface area contributed by atoms with Gasteiger partial charge in [0, 0.05) is 0 Å². The Balaban J connectivity index is 3.01. The summed E-state index contributed by atoms with van der Waals surface area (Å²) in [7, 11) is 0. The molecule has 0 bridgehead atoms. The largest absolute Gasteiger partial charge is 0.326 e. The fourth-order valence-electron chi connectivity index (χ4n) is 1.50. The molecule has 0 fully saturated rings. The molecule has 1 N–H and O–H groups in total. The van der Waals surface area contributed by atoms with E-state index < -0.39 is 0 Å². The van der Waals surface area contributed by atoms with Crippen molar-refractivity contribution in [2.75, 3.05) is 0 Å². The van der Waals surface area contributed by atoms with Crippen LogP contribution in [0.5, 0.6) is 0 Å². The van der Waals surface area contributed by atoms with Crippen molar-refractivity contribution in [1.82, 2.24) is 5.32 Å². The van der Waals surface area contributed by atoms with Gasteiger partial charge in [0.25, 0.3) is 0 Å². The zero-order valence-electron chi connectivity index (χ0n) is 7.89. The summed E-state index contributed by atoms with van der Waals surface area (Å²) in [5.41, 5.74) is 0.796. The molecule has 0 heterocycles. The number of hydrogen-bond acceptors (Lipinski definition) is 2. The van der Waals surface area contributed by atoms with Crippen LogP contribution < -0.4 is 5.32 Å². The molecular formula is C10H13NO2. The molecule has 3 heteroatoms. The zero-order chi connectivity index (χ0) is 10.1. The average Bonchev–Trinajstić information content (AvgIpc) is 1.99. The minimum atomic E-state index is -0.161. The predicted octanol–water partition coefficient (Wildman–Crippen LogP) is 1.17. The molecule has 0 aromatic heterocycles. The predicted molar refractivity (Wildman–Crippen MR) is 49.8 cm³/mol. The summed E-state index contributed by atoms with van der Waals surface area (Å²) in [5.74, 6) is -0.161. The SMILES string of the molecule is C=C1CC(C)(C)C=C(NC=O)C1=O. The number of nitrogens with one attached hydrogen (secondary N) is 1. The summed E-state index contributed by atoms with van der Waals surface area (Å²) in [5, 5.41) is 2.39. The van der Waals surface area contributed by atoms with Crippen LogP contribution in [0.1, 0.15) is 20.3 Å². The van der Waals surface area contributed by atoms with Crippen molar-refractivity contribution in [2.24, 2.45) is 5.41 Å². The number of carbonyl (C=O) groups excluding carboxylic acids is 2. The van der Waals surface area contributed by atoms with Gasteiger partial charge in [-0.2, -0.15) is 0 Å². The van der Waals surface area contributed by atoms with Gasteiger partial charge in [-0.3, -0.25) is 9.59 Å². The molecule has 13 heavy (non-hydrogen) atoms. The summed E-state index contributed by atoms with van der Waals surface area (Å²) in [6.45, 7) is 7.67. The molecule has 1 aliphatic rings. The van der Waals surface area contributed by atoms with E-state index in [1.165, 1.54) is 0 Å². The summed E-state index contributed by atoms with van der Waals surface area (Å²) in [6.07, 6.45) is 2.94. The van der Waals surface area contributed by atoms with Crippen LogP contribution in [0.4, 0.5) is 0 Å². The van der Waals surface area contributed by atoms with E-state index in [9.17, 15) is 9.59 Å². The Bertz CT molecular complexity index is 300. The average molecular weight is 179 g/mol. The van der Waals surface area contributed by atoms with E-state index in [0.29, 0.717) is 24.1 Å². The van der Waals surface area contributed by atoms with Crippen molar-refractivity contribution in [3.8, 4) is 0 Å². The third-order valence-corrected chi connectivity index (χ3v) is 1.98. The molecule has 0 spiro atoms. The Kier molecular flexibility index (Phi) is 2.36. The molecule has 1 amide bonds. The standard InChI is InChI=1S/C10H13NO2/c1-7-4-10(2,3)5-8(9(7)13)11-6-12/h5-6H,1,4H2,2-3H3,(H,11,12). The maximum Gasteiger partial charge on any atom is 0.211 e. The van der Waals surface area contributed by atoms with Gasteiger partial charge in [0.2, 0.25) is 12.2 Å². The first-order chi connectivity index (χ1) is 5.96. The lowest BCUT2D eigenvalue weighted by molar-refractivity contribution is -0.115. The van der Waals surface area contributed by atoms with Gasteiger partial charge in [-0.25, -0.2) is 0 Å². The summed E-state index contributed by atoms with van der Waals surface area (Å²) >= 11 is 0. The molecule has 0 unspecified atom stereocenters. The highest BCUT2D eigenvalue weighted by molar-refractivity contribution is 6.09. The highest BCUT2D eigenvalue weighted by Gasteiger charge is 2.28. The lowest BCUT2D eigenvalue weighted by Gasteiger charge is -2.27. The maximum atomic E-state index is 11.4. The minimum Gasteiger partial charge on any atom is -0.326 e. The first kappa shape index (κ1) is 9.71. The van der Waals surface area contributed by atoms with E-state index >= 15 is 0 Å². The fraction of sp³-hybridized carbons (Fsp3) is 0.400. The minimum absolute atomic E-state index is 0.101. The van der Waals surface area contributed by atoms with E-state index in [1.807, 2.05) is 13.8 Å². The molecule has 0 radical (unpaired) electrons. The molecule has 1 rings (SSSR count). The second kappa shape index (κ2) is 3.17. The van der Waals surface area contributed by atoms with Crippen LogP contribution in [0.15, 0.2) is 23.9 Å². The third kappa shape index (κ3) is 2.05. The third-order valence-electron chi connectivity index (χ3n) is 1.98. The number of hydrogen-bond donors (Lipinski definition) is 1. The highest BCUT2D eigenvalue weighted by atomic mass is 16.1. The van der Waals surface area contributed by atoms with Crippen molar-refractivity contribution >= 4 is 12.2 Å². The second-order valence-electron chi connectivity index (χ2n) is 3.92. The van der Waals surface area contributed by atoms with Crippen LogP contribution >= 0.6 is 0 Å². The van der Waals surface area contributed by atoms with Crippen LogP contribution in [0.25, 0.3) is 0 Å². The van der Waals surface area contributed by atoms with Crippen molar-refractivity contribution in [1.29, 1.82) is 0 Å². The Morgan fingerprint density at radius 3 is 2.77 bits per heavy atom. The number of rotatable bonds is 2. The smallest absolute Gasteiger partial charge is 0.211 e. The maximum absolute atomic E-state index is 11.4. The van der Waals surface area contributed by atoms with Crippen molar-refractivity contribution in [3.05, 3.63) is 23.9 Å². The number of Topliss-reactive ketones (excluding diaryl/α,β-unsaturated/α-hetero) is 1. The van der Waals surface area contributed by atoms with Gasteiger partial charge in [-0.1, -0.05) is 26.5 Å². The monoisotopic (exact) mass is 179 g/mol. The van der Waals surface area contributed by atoms with Gasteiger partial charge < -0.3 is 5.32 Å². The quantitative estimate of drug-likeness (QED) is 0.511. The van der Waals surface area contributed by atoms with Crippen LogP contribution in [0.3, 0.4) is 0 Å². The van der Waals surface area contributed by atoms with E-state index in [-0.39, 0.29) is 11.2 Å². The molecule has 0 aliphatic heterocycles. The van der Waals surface area contributed by atoms with Crippen LogP contribution in [0, 0.1) is 5.41 Å². The Hall–Kier alpha value is -1.38. The van der Waals surface area contributed by atoms with Crippen LogP contribution in [-0.4, -0.2) is 12.2 Å². The van der Waals surface area contributed by atoms with Gasteiger partial charge >= 0.3 is 0 Å². The number of carbonyl (C=O) groups is 2. The van der Waals surface area contributed by atoms with Crippen LogP contribution in [0.2, 0.25) is 0 Å². The summed E-state index contributed by atoms with van der Waals surface area (Å²) in [6, 6.07) is 0. The van der Waals surface area contributed by atoms with Crippen molar-refractivity contribution in [3.63, 3.8) is 0 Å². The van der Waals surface area contributed by atoms with Gasteiger partial charge in [0.15, 0.2) is 0 Å². The van der Waals surface area contributed by atoms with E-state index in [1.54, 1.807) is 6.08 Å². The van der Waals surface area contributed by atoms with Crippen LogP contribution in [-0.2, 0) is 9.59 Å². The topological polar surface area (TPSA) is 46.2 Å². The lowest BCUT2D eigenvalue weighted by Crippen LogP contribution is -2.29. The van der Waals surface area contributed by atoms with E-state index in [0.717, 1.165) is 0 Å². The molecular weight excluding hydrogens is 166 g/mol. The van der Waals surface area contributed by atoms with E-state index in [2.05, 4.69) is 11.9 Å². The van der Waals surface area contributed by atoms with Gasteiger partial charge in [0.1, 0.15) is 0 Å². The Morgan fingerprint density at radius 1 is 1.62 bits per heavy atom. The summed E-state index contributed by atoms with van der Waals surface area (Å²) in [4.78, 5) is 21.6. The molecule has 1 aliphatic carbocycles. The number of amides is 1. The fourth-order valence-corrected chi connectivity index (χ4v) is 1.50. The molecule has 0 saturated carbocycles. The van der Waals surface area contributed by atoms with Crippen molar-refractivity contribution < 1.29 is 9.59 Å². The number of ketones is 1. The normalized spacial score (nSPS) is 20.9. The first-order valence-corrected chi connectivity index (χ1v) is 4.12. The van der Waals surface area contributed by atoms with Crippen molar-refractivity contribution in [2.45, 2.75) is 20.3 Å². The molecule has 0 atom stereocenters. The van der Waals surface area contributed by atoms with Gasteiger partial charge in [0.05, 0.1) is 5.70 Å². The molecule has 0 aromatic carbocycles. The molecule has 0 saturated heterocycles. The molecule has 0 aromatic rings. The van der Waals surface area contributed by atoms with E-state index in [4.69, 9.17) is 0 Å². The van der Waals surface area contributed by atoms with Gasteiger partial charge in [-0.05, 0) is 17.4 Å². The second-order valence-corrected chi connectivity index (χ2v) is 3.92. The Labute approximate surface area is 77.5 Å². The number of allylic oxidation sites excluding steroid dienone is 2. The Morgan fingerprint density at radius 2 is 2.23 bits per heavy atom. The summed E-state index contributed by atoms with van der Waals surface area (Å²) < 4.78 is 0. The molecule has 70 valence electrons. The first-order valence-electron chi connectivity index (χ1n) is 4.12. The molecule has 3 nitrogen and oxygen atoms in total. The lowest BCUT2D eigenvalue weighted by atomic mass is 9.79.